The van der Waals surface area contributed by atoms with Crippen molar-refractivity contribution in [2.75, 3.05) is 20.2 Å². The number of hydrogen-bond donors (Lipinski definition) is 0. The summed E-state index contributed by atoms with van der Waals surface area (Å²) in [5.74, 6) is 0.851. The number of aromatic nitrogens is 2. The van der Waals surface area contributed by atoms with Gasteiger partial charge in [-0.2, -0.15) is 5.10 Å². The molecule has 6 heteroatoms. The zero-order chi connectivity index (χ0) is 20.8. The predicted molar refractivity (Wildman–Crippen MR) is 120 cm³/mol. The fourth-order valence-electron chi connectivity index (χ4n) is 3.31. The van der Waals surface area contributed by atoms with Crippen LogP contribution in [0.15, 0.2) is 48.5 Å². The van der Waals surface area contributed by atoms with E-state index in [9.17, 15) is 0 Å². The molecule has 0 N–H and O–H groups in total. The van der Waals surface area contributed by atoms with Gasteiger partial charge in [-0.3, -0.25) is 4.68 Å². The molecule has 0 radical (unpaired) electrons. The van der Waals surface area contributed by atoms with Crippen molar-refractivity contribution in [3.63, 3.8) is 0 Å². The molecule has 0 atom stereocenters. The number of nitrogens with zero attached hydrogens (tertiary/aromatic N) is 3. The smallest absolute Gasteiger partial charge is 0.119 e. The maximum absolute atomic E-state index is 6.31. The Morgan fingerprint density at radius 1 is 1.03 bits per heavy atom. The highest BCUT2D eigenvalue weighted by Gasteiger charge is 2.14. The molecule has 0 spiro atoms. The first-order valence-electron chi connectivity index (χ1n) is 9.77. The Morgan fingerprint density at radius 2 is 1.76 bits per heavy atom. The second-order valence-electron chi connectivity index (χ2n) is 7.29. The van der Waals surface area contributed by atoms with E-state index < -0.39 is 0 Å². The third kappa shape index (κ3) is 5.99. The maximum Gasteiger partial charge on any atom is 0.119 e. The second kappa shape index (κ2) is 10.1. The standard InChI is InChI=1S/C23H27Cl2N3O/c1-17-22(18(2)28(26-17)15-19-7-4-5-8-23(19)25)16-27(3)13-6-14-29-21-11-9-20(24)10-12-21/h4-5,7-12H,6,13-16H2,1-3H3. The van der Waals surface area contributed by atoms with Gasteiger partial charge < -0.3 is 9.64 Å². The normalized spacial score (nSPS) is 11.2. The van der Waals surface area contributed by atoms with Crippen molar-refractivity contribution in [2.24, 2.45) is 0 Å². The minimum absolute atomic E-state index is 0.676. The molecule has 0 aliphatic heterocycles. The van der Waals surface area contributed by atoms with E-state index >= 15 is 0 Å². The molecule has 1 aromatic heterocycles. The van der Waals surface area contributed by atoms with Crippen LogP contribution in [0.2, 0.25) is 10.0 Å². The zero-order valence-electron chi connectivity index (χ0n) is 17.2. The van der Waals surface area contributed by atoms with Gasteiger partial charge in [-0.15, -0.1) is 0 Å². The Kier molecular flexibility index (Phi) is 7.59. The summed E-state index contributed by atoms with van der Waals surface area (Å²) in [4.78, 5) is 2.31. The fourth-order valence-corrected chi connectivity index (χ4v) is 3.63. The van der Waals surface area contributed by atoms with Crippen LogP contribution < -0.4 is 4.74 Å². The van der Waals surface area contributed by atoms with E-state index in [0.29, 0.717) is 13.2 Å². The fraction of sp³-hybridized carbons (Fsp3) is 0.348. The average Bonchev–Trinajstić information content (AvgIpc) is 2.96. The van der Waals surface area contributed by atoms with Crippen LogP contribution >= 0.6 is 23.2 Å². The third-order valence-electron chi connectivity index (χ3n) is 5.00. The number of hydrogen-bond acceptors (Lipinski definition) is 3. The molecular formula is C23H27Cl2N3O. The van der Waals surface area contributed by atoms with Crippen molar-refractivity contribution in [3.05, 3.63) is 81.1 Å². The van der Waals surface area contributed by atoms with E-state index in [2.05, 4.69) is 25.8 Å². The maximum atomic E-state index is 6.31. The molecule has 2 aromatic carbocycles. The van der Waals surface area contributed by atoms with Crippen LogP contribution in [0.5, 0.6) is 5.75 Å². The molecule has 3 aromatic rings. The third-order valence-corrected chi connectivity index (χ3v) is 5.62. The van der Waals surface area contributed by atoms with Crippen molar-refractivity contribution in [3.8, 4) is 5.75 Å². The summed E-state index contributed by atoms with van der Waals surface area (Å²) in [6, 6.07) is 15.4. The van der Waals surface area contributed by atoms with Gasteiger partial charge in [0.2, 0.25) is 0 Å². The van der Waals surface area contributed by atoms with Crippen molar-refractivity contribution >= 4 is 23.2 Å². The minimum Gasteiger partial charge on any atom is -0.494 e. The molecule has 0 amide bonds. The minimum atomic E-state index is 0.676. The van der Waals surface area contributed by atoms with E-state index in [1.165, 1.54) is 11.3 Å². The van der Waals surface area contributed by atoms with Gasteiger partial charge in [-0.1, -0.05) is 41.4 Å². The highest BCUT2D eigenvalue weighted by atomic mass is 35.5. The van der Waals surface area contributed by atoms with Gasteiger partial charge >= 0.3 is 0 Å². The highest BCUT2D eigenvalue weighted by molar-refractivity contribution is 6.31. The van der Waals surface area contributed by atoms with Gasteiger partial charge in [-0.25, -0.2) is 0 Å². The summed E-state index contributed by atoms with van der Waals surface area (Å²) in [6.45, 7) is 7.37. The molecule has 3 rings (SSSR count). The van der Waals surface area contributed by atoms with Gasteiger partial charge in [0.15, 0.2) is 0 Å². The van der Waals surface area contributed by atoms with Gasteiger partial charge in [0.1, 0.15) is 5.75 Å². The molecule has 0 aliphatic rings. The molecule has 0 fully saturated rings. The molecule has 29 heavy (non-hydrogen) atoms. The number of aryl methyl sites for hydroxylation is 1. The topological polar surface area (TPSA) is 30.3 Å². The number of rotatable bonds is 9. The van der Waals surface area contributed by atoms with Gasteiger partial charge in [-0.05, 0) is 63.2 Å². The average molecular weight is 432 g/mol. The van der Waals surface area contributed by atoms with Crippen molar-refractivity contribution in [1.82, 2.24) is 14.7 Å². The number of halogens is 2. The van der Waals surface area contributed by atoms with Crippen molar-refractivity contribution in [1.29, 1.82) is 0 Å². The Morgan fingerprint density at radius 3 is 2.48 bits per heavy atom. The van der Waals surface area contributed by atoms with Gasteiger partial charge in [0.25, 0.3) is 0 Å². The van der Waals surface area contributed by atoms with Crippen LogP contribution in [0.3, 0.4) is 0 Å². The van der Waals surface area contributed by atoms with E-state index in [1.807, 2.05) is 53.2 Å². The van der Waals surface area contributed by atoms with Crippen LogP contribution in [0, 0.1) is 13.8 Å². The first kappa shape index (κ1) is 21.7. The van der Waals surface area contributed by atoms with E-state index in [4.69, 9.17) is 33.0 Å². The predicted octanol–water partition coefficient (Wildman–Crippen LogP) is 5.76. The van der Waals surface area contributed by atoms with E-state index in [0.717, 1.165) is 46.6 Å². The lowest BCUT2D eigenvalue weighted by Crippen LogP contribution is -2.21. The summed E-state index contributed by atoms with van der Waals surface area (Å²) in [7, 11) is 2.13. The zero-order valence-corrected chi connectivity index (χ0v) is 18.7. The second-order valence-corrected chi connectivity index (χ2v) is 8.14. The quantitative estimate of drug-likeness (QED) is 0.403. The Balaban J connectivity index is 1.52. The van der Waals surface area contributed by atoms with Crippen LogP contribution in [0.4, 0.5) is 0 Å². The van der Waals surface area contributed by atoms with Crippen molar-refractivity contribution in [2.45, 2.75) is 33.4 Å². The molecule has 4 nitrogen and oxygen atoms in total. The van der Waals surface area contributed by atoms with Crippen molar-refractivity contribution < 1.29 is 4.74 Å². The van der Waals surface area contributed by atoms with Crippen LogP contribution in [-0.4, -0.2) is 34.9 Å². The summed E-state index contributed by atoms with van der Waals surface area (Å²) >= 11 is 12.2. The molecular weight excluding hydrogens is 405 g/mol. The summed E-state index contributed by atoms with van der Waals surface area (Å²) < 4.78 is 7.82. The monoisotopic (exact) mass is 431 g/mol. The Hall–Kier alpha value is -2.01. The van der Waals surface area contributed by atoms with Crippen LogP contribution in [0.25, 0.3) is 0 Å². The molecule has 0 saturated heterocycles. The molecule has 0 saturated carbocycles. The van der Waals surface area contributed by atoms with Gasteiger partial charge in [0.05, 0.1) is 18.8 Å². The molecule has 154 valence electrons. The molecule has 0 bridgehead atoms. The highest BCUT2D eigenvalue weighted by Crippen LogP contribution is 2.20. The van der Waals surface area contributed by atoms with Crippen LogP contribution in [0.1, 0.15) is 28.9 Å². The Labute approximate surface area is 183 Å². The number of benzene rings is 2. The largest absolute Gasteiger partial charge is 0.494 e. The molecule has 1 heterocycles. The van der Waals surface area contributed by atoms with E-state index in [1.54, 1.807) is 0 Å². The van der Waals surface area contributed by atoms with Gasteiger partial charge in [0, 0.05) is 34.4 Å². The first-order valence-corrected chi connectivity index (χ1v) is 10.5. The lowest BCUT2D eigenvalue weighted by Gasteiger charge is -2.17. The lowest BCUT2D eigenvalue weighted by molar-refractivity contribution is 0.258. The molecule has 0 unspecified atom stereocenters. The van der Waals surface area contributed by atoms with E-state index in [-0.39, 0.29) is 0 Å². The SMILES string of the molecule is Cc1nn(Cc2ccccc2Cl)c(C)c1CN(C)CCCOc1ccc(Cl)cc1. The molecule has 0 aliphatic carbocycles. The summed E-state index contributed by atoms with van der Waals surface area (Å²) in [6.07, 6.45) is 0.949. The first-order chi connectivity index (χ1) is 13.9. The number of ether oxygens (including phenoxy) is 1. The lowest BCUT2D eigenvalue weighted by atomic mass is 10.1. The van der Waals surface area contributed by atoms with Crippen LogP contribution in [-0.2, 0) is 13.1 Å². The summed E-state index contributed by atoms with van der Waals surface area (Å²) in [5.41, 5.74) is 4.61. The Bertz CT molecular complexity index is 938. The summed E-state index contributed by atoms with van der Waals surface area (Å²) in [5, 5.41) is 6.24.